The van der Waals surface area contributed by atoms with Gasteiger partial charge in [0.25, 0.3) is 0 Å². The first kappa shape index (κ1) is 22.0. The number of hydrogen-bond donors (Lipinski definition) is 2. The van der Waals surface area contributed by atoms with Crippen molar-refractivity contribution in [2.75, 3.05) is 18.4 Å². The molecule has 0 saturated carbocycles. The monoisotopic (exact) mass is 488 g/mol. The third-order valence-electron chi connectivity index (χ3n) is 5.72. The summed E-state index contributed by atoms with van der Waals surface area (Å²) in [7, 11) is 0. The maximum Gasteiger partial charge on any atom is 0.225 e. The molecule has 3 heterocycles. The molecule has 10 heteroatoms. The highest BCUT2D eigenvalue weighted by molar-refractivity contribution is 6.33. The van der Waals surface area contributed by atoms with Crippen LogP contribution in [0.4, 0.5) is 14.7 Å². The van der Waals surface area contributed by atoms with Crippen molar-refractivity contribution in [1.29, 1.82) is 0 Å². The molecule has 2 aromatic heterocycles. The molecule has 1 aliphatic rings. The third kappa shape index (κ3) is 4.51. The van der Waals surface area contributed by atoms with E-state index in [-0.39, 0.29) is 22.9 Å². The maximum atomic E-state index is 14.8. The Morgan fingerprint density at radius 2 is 2.00 bits per heavy atom. The van der Waals surface area contributed by atoms with Crippen molar-refractivity contribution in [2.45, 2.75) is 19.5 Å². The molecule has 2 aromatic carbocycles. The van der Waals surface area contributed by atoms with Gasteiger partial charge in [0, 0.05) is 23.7 Å². The Balaban J connectivity index is 1.54. The van der Waals surface area contributed by atoms with Gasteiger partial charge < -0.3 is 15.2 Å². The van der Waals surface area contributed by atoms with E-state index in [0.717, 1.165) is 19.5 Å². The lowest BCUT2D eigenvalue weighted by Crippen LogP contribution is -2.16. The largest absolute Gasteiger partial charge is 0.350 e. The first-order chi connectivity index (χ1) is 16.0. The molecule has 1 saturated heterocycles. The summed E-state index contributed by atoms with van der Waals surface area (Å²) in [4.78, 5) is 13.6. The normalized spacial score (nSPS) is 15.9. The van der Waals surface area contributed by atoms with Gasteiger partial charge in [-0.05, 0) is 55.8 Å². The molecule has 170 valence electrons. The quantitative estimate of drug-likeness (QED) is 0.385. The second-order valence-electron chi connectivity index (χ2n) is 7.99. The average molecular weight is 489 g/mol. The minimum absolute atomic E-state index is 0.157. The molecule has 6 nitrogen and oxygen atoms in total. The van der Waals surface area contributed by atoms with Gasteiger partial charge in [-0.1, -0.05) is 29.3 Å². The average Bonchev–Trinajstić information content (AvgIpc) is 3.43. The van der Waals surface area contributed by atoms with Crippen LogP contribution in [0.3, 0.4) is 0 Å². The van der Waals surface area contributed by atoms with Gasteiger partial charge in [0.1, 0.15) is 23.0 Å². The number of halogens is 4. The summed E-state index contributed by atoms with van der Waals surface area (Å²) in [5.41, 5.74) is 1.71. The zero-order chi connectivity index (χ0) is 22.9. The van der Waals surface area contributed by atoms with Crippen LogP contribution < -0.4 is 10.6 Å². The Kier molecular flexibility index (Phi) is 6.14. The van der Waals surface area contributed by atoms with Crippen molar-refractivity contribution in [3.05, 3.63) is 69.8 Å². The van der Waals surface area contributed by atoms with E-state index in [1.807, 2.05) is 4.57 Å². The van der Waals surface area contributed by atoms with Gasteiger partial charge in [-0.3, -0.25) is 0 Å². The lowest BCUT2D eigenvalue weighted by molar-refractivity contribution is 0.489. The molecule has 0 amide bonds. The summed E-state index contributed by atoms with van der Waals surface area (Å²) >= 11 is 12.3. The molecular formula is C23H20Cl2F2N6. The summed E-state index contributed by atoms with van der Waals surface area (Å²) in [6.45, 7) is 2.54. The van der Waals surface area contributed by atoms with Gasteiger partial charge in [0.05, 0.1) is 16.8 Å². The molecule has 1 unspecified atom stereocenters. The van der Waals surface area contributed by atoms with E-state index in [2.05, 4.69) is 25.6 Å². The number of hydrogen-bond acceptors (Lipinski definition) is 5. The lowest BCUT2D eigenvalue weighted by Gasteiger charge is -2.14. The summed E-state index contributed by atoms with van der Waals surface area (Å²) in [5.74, 6) is 0.235. The Morgan fingerprint density at radius 3 is 2.79 bits per heavy atom. The predicted molar refractivity (Wildman–Crippen MR) is 125 cm³/mol. The number of imidazole rings is 1. The van der Waals surface area contributed by atoms with Gasteiger partial charge >= 0.3 is 0 Å². The predicted octanol–water partition coefficient (Wildman–Crippen LogP) is 5.30. The van der Waals surface area contributed by atoms with Crippen LogP contribution in [0.15, 0.2) is 42.6 Å². The minimum atomic E-state index is -0.452. The van der Waals surface area contributed by atoms with Gasteiger partial charge in [-0.15, -0.1) is 0 Å². The van der Waals surface area contributed by atoms with Crippen LogP contribution in [0.5, 0.6) is 0 Å². The number of benzene rings is 2. The van der Waals surface area contributed by atoms with Crippen molar-refractivity contribution in [2.24, 2.45) is 5.92 Å². The van der Waals surface area contributed by atoms with Crippen molar-refractivity contribution < 1.29 is 8.78 Å². The molecular weight excluding hydrogens is 469 g/mol. The van der Waals surface area contributed by atoms with Crippen molar-refractivity contribution in [3.8, 4) is 11.4 Å². The van der Waals surface area contributed by atoms with Gasteiger partial charge in [0.15, 0.2) is 5.65 Å². The first-order valence-electron chi connectivity index (χ1n) is 10.6. The fourth-order valence-corrected chi connectivity index (χ4v) is 4.50. The van der Waals surface area contributed by atoms with Crippen molar-refractivity contribution >= 4 is 40.3 Å². The van der Waals surface area contributed by atoms with E-state index in [9.17, 15) is 8.78 Å². The van der Waals surface area contributed by atoms with Gasteiger partial charge in [0.2, 0.25) is 5.95 Å². The summed E-state index contributed by atoms with van der Waals surface area (Å²) in [6.07, 6.45) is 2.56. The number of aromatic nitrogens is 4. The summed E-state index contributed by atoms with van der Waals surface area (Å²) < 4.78 is 30.7. The second-order valence-corrected chi connectivity index (χ2v) is 8.84. The van der Waals surface area contributed by atoms with Gasteiger partial charge in [-0.25, -0.2) is 18.7 Å². The highest BCUT2D eigenvalue weighted by Gasteiger charge is 2.24. The zero-order valence-corrected chi connectivity index (χ0v) is 19.0. The highest BCUT2D eigenvalue weighted by Crippen LogP contribution is 2.33. The smallest absolute Gasteiger partial charge is 0.225 e. The molecule has 4 aromatic rings. The Morgan fingerprint density at radius 1 is 1.12 bits per heavy atom. The molecule has 5 rings (SSSR count). The lowest BCUT2D eigenvalue weighted by atomic mass is 10.1. The second kappa shape index (κ2) is 9.21. The topological polar surface area (TPSA) is 67.7 Å². The van der Waals surface area contributed by atoms with E-state index in [1.54, 1.807) is 24.4 Å². The summed E-state index contributed by atoms with van der Waals surface area (Å²) in [6, 6.07) is 8.93. The number of fused-ring (bicyclic) bond motifs is 1. The van der Waals surface area contributed by atoms with E-state index >= 15 is 0 Å². The molecule has 0 bridgehead atoms. The number of rotatable bonds is 6. The van der Waals surface area contributed by atoms with Crippen LogP contribution in [0.1, 0.15) is 12.0 Å². The number of nitrogens with zero attached hydrogens (tertiary/aromatic N) is 4. The van der Waals surface area contributed by atoms with Crippen molar-refractivity contribution in [3.63, 3.8) is 0 Å². The maximum absolute atomic E-state index is 14.8. The molecule has 0 radical (unpaired) electrons. The van der Waals surface area contributed by atoms with E-state index in [0.29, 0.717) is 46.0 Å². The van der Waals surface area contributed by atoms with E-state index in [4.69, 9.17) is 23.2 Å². The molecule has 1 fully saturated rings. The Bertz CT molecular complexity index is 1300. The van der Waals surface area contributed by atoms with Crippen LogP contribution in [0, 0.1) is 17.6 Å². The van der Waals surface area contributed by atoms with Crippen LogP contribution in [0.2, 0.25) is 10.0 Å². The number of anilines is 1. The molecule has 0 spiro atoms. The molecule has 1 atom stereocenters. The fraction of sp³-hybridized carbons (Fsp3) is 0.261. The van der Waals surface area contributed by atoms with Gasteiger partial charge in [-0.2, -0.15) is 4.98 Å². The van der Waals surface area contributed by atoms with Crippen LogP contribution in [-0.4, -0.2) is 32.6 Å². The third-order valence-corrected chi connectivity index (χ3v) is 6.27. The molecule has 33 heavy (non-hydrogen) atoms. The highest BCUT2D eigenvalue weighted by atomic mass is 35.5. The molecule has 2 N–H and O–H groups in total. The SMILES string of the molecule is Fc1ccc(Cl)cc1CNc1ncc2nc(-c3c(F)cccc3Cl)n(CC3CCNC3)c2n1. The standard InChI is InChI=1S/C23H20Cl2F2N6/c24-15-4-5-17(26)14(8-15)10-29-23-30-11-19-21(32-23)33(12-13-6-7-28-9-13)22(31-19)20-16(25)2-1-3-18(20)27/h1-5,8,11,13,28H,6-7,9-10,12H2,(H,29,30,32). The van der Waals surface area contributed by atoms with Crippen LogP contribution in [-0.2, 0) is 13.1 Å². The van der Waals surface area contributed by atoms with Crippen LogP contribution in [0.25, 0.3) is 22.6 Å². The van der Waals surface area contributed by atoms with E-state index in [1.165, 1.54) is 18.2 Å². The van der Waals surface area contributed by atoms with Crippen molar-refractivity contribution in [1.82, 2.24) is 24.8 Å². The number of nitrogens with one attached hydrogen (secondary N) is 2. The zero-order valence-electron chi connectivity index (χ0n) is 17.5. The fourth-order valence-electron chi connectivity index (χ4n) is 4.06. The molecule has 1 aliphatic heterocycles. The minimum Gasteiger partial charge on any atom is -0.350 e. The Labute approximate surface area is 199 Å². The summed E-state index contributed by atoms with van der Waals surface area (Å²) in [5, 5.41) is 7.11. The Hall–Kier alpha value is -2.81. The van der Waals surface area contributed by atoms with Crippen LogP contribution >= 0.6 is 23.2 Å². The molecule has 0 aliphatic carbocycles. The van der Waals surface area contributed by atoms with E-state index < -0.39 is 5.82 Å². The first-order valence-corrected chi connectivity index (χ1v) is 11.3.